The third-order valence-electron chi connectivity index (χ3n) is 4.68. The fourth-order valence-corrected chi connectivity index (χ4v) is 3.17. The zero-order valence-electron chi connectivity index (χ0n) is 16.4. The Kier molecular flexibility index (Phi) is 4.63. The van der Waals surface area contributed by atoms with Gasteiger partial charge in [-0.2, -0.15) is 4.98 Å². The number of amides is 1. The summed E-state index contributed by atoms with van der Waals surface area (Å²) in [6.45, 7) is 0. The van der Waals surface area contributed by atoms with Crippen molar-refractivity contribution in [2.75, 3.05) is 26.6 Å². The number of aryl methyl sites for hydroxylation is 1. The zero-order chi connectivity index (χ0) is 20.5. The number of anilines is 1. The van der Waals surface area contributed by atoms with Gasteiger partial charge in [-0.05, 0) is 36.4 Å². The van der Waals surface area contributed by atoms with Crippen molar-refractivity contribution in [2.45, 2.75) is 0 Å². The Hall–Kier alpha value is -3.88. The molecule has 0 unspecified atom stereocenters. The Bertz CT molecular complexity index is 1230. The minimum atomic E-state index is -0.382. The number of nitrogens with zero attached hydrogens (tertiary/aromatic N) is 4. The van der Waals surface area contributed by atoms with Gasteiger partial charge in [0.05, 0.1) is 26.8 Å². The van der Waals surface area contributed by atoms with Crippen LogP contribution in [0.1, 0.15) is 10.4 Å². The molecule has 2 heterocycles. The van der Waals surface area contributed by atoms with Crippen LogP contribution in [0.4, 0.5) is 5.95 Å². The largest absolute Gasteiger partial charge is 0.497 e. The third kappa shape index (κ3) is 3.16. The fourth-order valence-electron chi connectivity index (χ4n) is 3.17. The summed E-state index contributed by atoms with van der Waals surface area (Å²) in [7, 11) is 6.53. The van der Waals surface area contributed by atoms with Crippen molar-refractivity contribution in [3.63, 3.8) is 0 Å². The lowest BCUT2D eigenvalue weighted by molar-refractivity contribution is 0.102. The van der Waals surface area contributed by atoms with Crippen LogP contribution in [0.15, 0.2) is 36.4 Å². The second-order valence-corrected chi connectivity index (χ2v) is 6.27. The van der Waals surface area contributed by atoms with Crippen LogP contribution in [0, 0.1) is 0 Å². The summed E-state index contributed by atoms with van der Waals surface area (Å²) >= 11 is 0. The topological polar surface area (TPSA) is 100 Å². The summed E-state index contributed by atoms with van der Waals surface area (Å²) < 4.78 is 17.6. The van der Waals surface area contributed by atoms with Crippen LogP contribution in [0.5, 0.6) is 17.2 Å². The number of carbonyl (C=O) groups excluding carboxylic acids is 1. The average molecular weight is 393 g/mol. The highest BCUT2D eigenvalue weighted by atomic mass is 16.5. The van der Waals surface area contributed by atoms with E-state index in [9.17, 15) is 4.79 Å². The molecule has 2 aromatic carbocycles. The zero-order valence-corrected chi connectivity index (χ0v) is 16.4. The number of hydrogen-bond acceptors (Lipinski definition) is 7. The van der Waals surface area contributed by atoms with E-state index in [4.69, 9.17) is 14.2 Å². The molecule has 0 aliphatic heterocycles. The molecule has 9 nitrogen and oxygen atoms in total. The molecule has 4 aromatic rings. The predicted molar refractivity (Wildman–Crippen MR) is 108 cm³/mol. The van der Waals surface area contributed by atoms with Gasteiger partial charge in [-0.15, -0.1) is 10.2 Å². The first kappa shape index (κ1) is 18.5. The average Bonchev–Trinajstić information content (AvgIpc) is 3.04. The van der Waals surface area contributed by atoms with Gasteiger partial charge in [0.15, 0.2) is 17.1 Å². The number of fused-ring (bicyclic) bond motifs is 3. The molecular formula is C20H19N5O4. The van der Waals surface area contributed by atoms with Crippen LogP contribution in [-0.2, 0) is 7.05 Å². The van der Waals surface area contributed by atoms with E-state index in [0.29, 0.717) is 28.2 Å². The molecular weight excluding hydrogens is 374 g/mol. The highest BCUT2D eigenvalue weighted by Crippen LogP contribution is 2.29. The lowest BCUT2D eigenvalue weighted by Gasteiger charge is -2.09. The maximum atomic E-state index is 12.6. The number of hydrogen-bond donors (Lipinski definition) is 1. The first-order valence-electron chi connectivity index (χ1n) is 8.76. The number of aromatic nitrogens is 4. The van der Waals surface area contributed by atoms with Crippen molar-refractivity contribution < 1.29 is 19.0 Å². The molecule has 1 amide bonds. The maximum Gasteiger partial charge on any atom is 0.258 e. The Morgan fingerprint density at radius 3 is 2.48 bits per heavy atom. The Morgan fingerprint density at radius 1 is 0.966 bits per heavy atom. The molecule has 0 aliphatic carbocycles. The first-order valence-corrected chi connectivity index (χ1v) is 8.76. The predicted octanol–water partition coefficient (Wildman–Crippen LogP) is 2.79. The van der Waals surface area contributed by atoms with E-state index in [1.165, 1.54) is 14.2 Å². The van der Waals surface area contributed by atoms with Gasteiger partial charge in [-0.3, -0.25) is 10.1 Å². The smallest absolute Gasteiger partial charge is 0.258 e. The monoisotopic (exact) mass is 393 g/mol. The van der Waals surface area contributed by atoms with Crippen LogP contribution in [0.25, 0.3) is 22.1 Å². The van der Waals surface area contributed by atoms with Crippen molar-refractivity contribution in [1.29, 1.82) is 0 Å². The first-order chi connectivity index (χ1) is 14.0. The molecule has 1 N–H and O–H groups in total. The van der Waals surface area contributed by atoms with Gasteiger partial charge < -0.3 is 18.8 Å². The lowest BCUT2D eigenvalue weighted by Crippen LogP contribution is -2.15. The number of methoxy groups -OCH3 is 3. The van der Waals surface area contributed by atoms with Crippen LogP contribution in [0.2, 0.25) is 0 Å². The highest BCUT2D eigenvalue weighted by molar-refractivity contribution is 6.06. The fraction of sp³-hybridized carbons (Fsp3) is 0.200. The molecule has 4 rings (SSSR count). The van der Waals surface area contributed by atoms with Crippen molar-refractivity contribution in [3.05, 3.63) is 42.0 Å². The number of benzene rings is 2. The summed E-state index contributed by atoms with van der Waals surface area (Å²) in [4.78, 5) is 17.1. The van der Waals surface area contributed by atoms with Crippen molar-refractivity contribution >= 4 is 33.9 Å². The van der Waals surface area contributed by atoms with Gasteiger partial charge in [-0.1, -0.05) is 0 Å². The summed E-state index contributed by atoms with van der Waals surface area (Å²) in [6.07, 6.45) is 0. The SMILES string of the molecule is COc1ccc2c(c1)c1nnc(NC(=O)c3ccc(OC)c(OC)c3)nc1n2C. The molecule has 0 fully saturated rings. The van der Waals surface area contributed by atoms with E-state index < -0.39 is 0 Å². The van der Waals surface area contributed by atoms with Gasteiger partial charge in [0.2, 0.25) is 0 Å². The lowest BCUT2D eigenvalue weighted by atomic mass is 10.2. The molecule has 0 saturated carbocycles. The van der Waals surface area contributed by atoms with Crippen molar-refractivity contribution in [2.24, 2.45) is 7.05 Å². The van der Waals surface area contributed by atoms with E-state index >= 15 is 0 Å². The van der Waals surface area contributed by atoms with Gasteiger partial charge >= 0.3 is 0 Å². The van der Waals surface area contributed by atoms with Crippen molar-refractivity contribution in [3.8, 4) is 17.2 Å². The van der Waals surface area contributed by atoms with E-state index in [0.717, 1.165) is 16.7 Å². The quantitative estimate of drug-likeness (QED) is 0.556. The van der Waals surface area contributed by atoms with E-state index in [1.807, 2.05) is 29.8 Å². The summed E-state index contributed by atoms with van der Waals surface area (Å²) in [5, 5.41) is 11.9. The molecule has 0 saturated heterocycles. The van der Waals surface area contributed by atoms with Gasteiger partial charge in [0.25, 0.3) is 11.9 Å². The molecule has 0 aliphatic rings. The molecule has 0 bridgehead atoms. The van der Waals surface area contributed by atoms with Crippen LogP contribution in [-0.4, -0.2) is 47.0 Å². The minimum Gasteiger partial charge on any atom is -0.497 e. The molecule has 9 heteroatoms. The van der Waals surface area contributed by atoms with Crippen molar-refractivity contribution in [1.82, 2.24) is 19.7 Å². The van der Waals surface area contributed by atoms with E-state index in [1.54, 1.807) is 25.3 Å². The van der Waals surface area contributed by atoms with Gasteiger partial charge in [0.1, 0.15) is 11.3 Å². The van der Waals surface area contributed by atoms with E-state index in [-0.39, 0.29) is 11.9 Å². The second-order valence-electron chi connectivity index (χ2n) is 6.27. The van der Waals surface area contributed by atoms with Crippen LogP contribution in [0.3, 0.4) is 0 Å². The Morgan fingerprint density at radius 2 is 1.76 bits per heavy atom. The standard InChI is InChI=1S/C20H19N5O4/c1-25-14-7-6-12(27-2)10-13(14)17-18(25)21-20(24-23-17)22-19(26)11-5-8-15(28-3)16(9-11)29-4/h5-10H,1-4H3,(H,21,22,24,26). The summed E-state index contributed by atoms with van der Waals surface area (Å²) in [6, 6.07) is 10.6. The number of rotatable bonds is 5. The normalized spacial score (nSPS) is 10.9. The number of nitrogens with one attached hydrogen (secondary N) is 1. The molecule has 29 heavy (non-hydrogen) atoms. The molecule has 0 radical (unpaired) electrons. The van der Waals surface area contributed by atoms with Crippen LogP contribution >= 0.6 is 0 Å². The summed E-state index contributed by atoms with van der Waals surface area (Å²) in [5.41, 5.74) is 2.55. The maximum absolute atomic E-state index is 12.6. The summed E-state index contributed by atoms with van der Waals surface area (Å²) in [5.74, 6) is 1.44. The van der Waals surface area contributed by atoms with Gasteiger partial charge in [0, 0.05) is 18.0 Å². The third-order valence-corrected chi connectivity index (χ3v) is 4.68. The Balaban J connectivity index is 1.69. The highest BCUT2D eigenvalue weighted by Gasteiger charge is 2.16. The number of ether oxygens (including phenoxy) is 3. The molecule has 0 atom stereocenters. The molecule has 2 aromatic heterocycles. The Labute approximate surface area is 166 Å². The molecule has 0 spiro atoms. The van der Waals surface area contributed by atoms with Crippen LogP contribution < -0.4 is 19.5 Å². The second kappa shape index (κ2) is 7.27. The molecule has 148 valence electrons. The number of carbonyl (C=O) groups is 1. The minimum absolute atomic E-state index is 0.107. The van der Waals surface area contributed by atoms with E-state index in [2.05, 4.69) is 20.5 Å². The van der Waals surface area contributed by atoms with Gasteiger partial charge in [-0.25, -0.2) is 0 Å².